The van der Waals surface area contributed by atoms with Crippen LogP contribution in [0.25, 0.3) is 11.0 Å². The Kier molecular flexibility index (Phi) is 3.28. The predicted molar refractivity (Wildman–Crippen MR) is 83.1 cm³/mol. The number of nitrogens with zero attached hydrogens (tertiary/aromatic N) is 2. The summed E-state index contributed by atoms with van der Waals surface area (Å²) in [4.78, 5) is 12.0. The lowest BCUT2D eigenvalue weighted by molar-refractivity contribution is 1.08. The van der Waals surface area contributed by atoms with Crippen LogP contribution < -0.4 is 5.32 Å². The van der Waals surface area contributed by atoms with E-state index in [1.807, 2.05) is 19.9 Å². The number of benzene rings is 1. The lowest BCUT2D eigenvalue weighted by atomic mass is 10.3. The molecule has 6 heteroatoms. The molecule has 0 amide bonds. The van der Waals surface area contributed by atoms with E-state index in [1.54, 1.807) is 18.2 Å². The first-order valence-electron chi connectivity index (χ1n) is 6.08. The molecule has 1 aromatic carbocycles. The minimum atomic E-state index is 0.576. The number of H-pyrrole nitrogens is 1. The molecule has 3 rings (SSSR count). The second-order valence-corrected chi connectivity index (χ2v) is 5.49. The molecule has 0 aliphatic rings. The number of rotatable bonds is 2. The Morgan fingerprint density at radius 1 is 1.00 bits per heavy atom. The summed E-state index contributed by atoms with van der Waals surface area (Å²) in [6, 6.07) is 7.30. The standard InChI is InChI=1S/C14H12Cl2N4/c1-7-3-12-13(17-7)18-8(2)19-14(12)20-11-5-9(15)4-10(16)6-11/h3-6H,1-2H3,(H2,17,18,19,20). The lowest BCUT2D eigenvalue weighted by Crippen LogP contribution is -1.98. The van der Waals surface area contributed by atoms with Crippen molar-refractivity contribution in [2.45, 2.75) is 13.8 Å². The van der Waals surface area contributed by atoms with Crippen LogP contribution >= 0.6 is 23.2 Å². The highest BCUT2D eigenvalue weighted by Gasteiger charge is 2.09. The number of halogens is 2. The largest absolute Gasteiger partial charge is 0.343 e. The Morgan fingerprint density at radius 2 is 1.70 bits per heavy atom. The molecule has 2 heterocycles. The summed E-state index contributed by atoms with van der Waals surface area (Å²) in [6.07, 6.45) is 0. The zero-order valence-electron chi connectivity index (χ0n) is 11.0. The van der Waals surface area contributed by atoms with Gasteiger partial charge in [-0.15, -0.1) is 0 Å². The summed E-state index contributed by atoms with van der Waals surface area (Å²) in [6.45, 7) is 3.84. The van der Waals surface area contributed by atoms with Crippen LogP contribution in [0.1, 0.15) is 11.5 Å². The molecule has 0 atom stereocenters. The predicted octanol–water partition coefficient (Wildman–Crippen LogP) is 4.63. The van der Waals surface area contributed by atoms with Crippen molar-refractivity contribution in [3.05, 3.63) is 45.8 Å². The molecular formula is C14H12Cl2N4. The number of anilines is 2. The van der Waals surface area contributed by atoms with Crippen LogP contribution in [0.2, 0.25) is 10.0 Å². The van der Waals surface area contributed by atoms with E-state index < -0.39 is 0 Å². The molecule has 0 radical (unpaired) electrons. The number of aromatic amines is 1. The number of aryl methyl sites for hydroxylation is 2. The molecule has 0 bridgehead atoms. The van der Waals surface area contributed by atoms with Gasteiger partial charge in [0.1, 0.15) is 17.3 Å². The third kappa shape index (κ3) is 2.57. The van der Waals surface area contributed by atoms with Crippen LogP contribution in [-0.2, 0) is 0 Å². The van der Waals surface area contributed by atoms with Gasteiger partial charge in [0, 0.05) is 21.4 Å². The van der Waals surface area contributed by atoms with Crippen LogP contribution in [0.5, 0.6) is 0 Å². The van der Waals surface area contributed by atoms with E-state index in [1.165, 1.54) is 0 Å². The van der Waals surface area contributed by atoms with E-state index in [-0.39, 0.29) is 0 Å². The third-order valence-corrected chi connectivity index (χ3v) is 3.30. The maximum Gasteiger partial charge on any atom is 0.143 e. The van der Waals surface area contributed by atoms with Crippen molar-refractivity contribution >= 4 is 45.7 Å². The molecule has 0 unspecified atom stereocenters. The van der Waals surface area contributed by atoms with Gasteiger partial charge >= 0.3 is 0 Å². The van der Waals surface area contributed by atoms with Crippen LogP contribution in [0, 0.1) is 13.8 Å². The molecule has 0 aliphatic heterocycles. The molecule has 0 saturated heterocycles. The van der Waals surface area contributed by atoms with Crippen molar-refractivity contribution in [1.29, 1.82) is 0 Å². The van der Waals surface area contributed by atoms with Crippen LogP contribution in [-0.4, -0.2) is 15.0 Å². The molecule has 102 valence electrons. The summed E-state index contributed by atoms with van der Waals surface area (Å²) in [7, 11) is 0. The highest BCUT2D eigenvalue weighted by Crippen LogP contribution is 2.28. The molecule has 2 aromatic heterocycles. The number of fused-ring (bicyclic) bond motifs is 1. The summed E-state index contributed by atoms with van der Waals surface area (Å²) in [5.41, 5.74) is 2.64. The Labute approximate surface area is 126 Å². The van der Waals surface area contributed by atoms with E-state index >= 15 is 0 Å². The SMILES string of the molecule is Cc1nc(Nc2cc(Cl)cc(Cl)c2)c2cc(C)[nH]c2n1. The van der Waals surface area contributed by atoms with Crippen LogP contribution in [0.4, 0.5) is 11.5 Å². The molecular weight excluding hydrogens is 295 g/mol. The Bertz CT molecular complexity index is 775. The average molecular weight is 307 g/mol. The van der Waals surface area contributed by atoms with E-state index in [4.69, 9.17) is 23.2 Å². The fourth-order valence-corrected chi connectivity index (χ4v) is 2.64. The first kappa shape index (κ1) is 13.2. The molecule has 4 nitrogen and oxygen atoms in total. The number of hydrogen-bond acceptors (Lipinski definition) is 3. The smallest absolute Gasteiger partial charge is 0.143 e. The van der Waals surface area contributed by atoms with Gasteiger partial charge in [0.05, 0.1) is 5.39 Å². The van der Waals surface area contributed by atoms with Gasteiger partial charge in [-0.1, -0.05) is 23.2 Å². The zero-order valence-corrected chi connectivity index (χ0v) is 12.5. The normalized spacial score (nSPS) is 11.0. The van der Waals surface area contributed by atoms with E-state index in [2.05, 4.69) is 20.3 Å². The fraction of sp³-hybridized carbons (Fsp3) is 0.143. The molecule has 0 saturated carbocycles. The van der Waals surface area contributed by atoms with Crippen molar-refractivity contribution in [2.24, 2.45) is 0 Å². The Balaban J connectivity index is 2.09. The number of nitrogens with one attached hydrogen (secondary N) is 2. The lowest BCUT2D eigenvalue weighted by Gasteiger charge is -2.08. The van der Waals surface area contributed by atoms with Crippen LogP contribution in [0.3, 0.4) is 0 Å². The van der Waals surface area contributed by atoms with Gasteiger partial charge in [-0.2, -0.15) is 0 Å². The van der Waals surface area contributed by atoms with Gasteiger partial charge in [0.15, 0.2) is 0 Å². The van der Waals surface area contributed by atoms with Crippen LogP contribution in [0.15, 0.2) is 24.3 Å². The van der Waals surface area contributed by atoms with Gasteiger partial charge in [-0.3, -0.25) is 0 Å². The van der Waals surface area contributed by atoms with Crippen molar-refractivity contribution in [3.63, 3.8) is 0 Å². The van der Waals surface area contributed by atoms with E-state index in [9.17, 15) is 0 Å². The highest BCUT2D eigenvalue weighted by molar-refractivity contribution is 6.35. The van der Waals surface area contributed by atoms with Crippen molar-refractivity contribution in [3.8, 4) is 0 Å². The maximum atomic E-state index is 6.01. The first-order valence-corrected chi connectivity index (χ1v) is 6.84. The molecule has 3 aromatic rings. The molecule has 2 N–H and O–H groups in total. The van der Waals surface area contributed by atoms with Gasteiger partial charge in [0.2, 0.25) is 0 Å². The zero-order chi connectivity index (χ0) is 14.3. The number of aromatic nitrogens is 3. The minimum Gasteiger partial charge on any atom is -0.343 e. The topological polar surface area (TPSA) is 53.6 Å². The minimum absolute atomic E-state index is 0.576. The molecule has 0 aliphatic carbocycles. The summed E-state index contributed by atoms with van der Waals surface area (Å²) in [5, 5.41) is 5.33. The Hall–Kier alpha value is -1.78. The Morgan fingerprint density at radius 3 is 2.40 bits per heavy atom. The van der Waals surface area contributed by atoms with Gasteiger partial charge in [-0.25, -0.2) is 9.97 Å². The monoisotopic (exact) mass is 306 g/mol. The average Bonchev–Trinajstić information content (AvgIpc) is 2.68. The fourth-order valence-electron chi connectivity index (χ4n) is 2.11. The second-order valence-electron chi connectivity index (χ2n) is 4.62. The molecule has 0 fully saturated rings. The third-order valence-electron chi connectivity index (χ3n) is 2.86. The van der Waals surface area contributed by atoms with Crippen molar-refractivity contribution < 1.29 is 0 Å². The van der Waals surface area contributed by atoms with Gasteiger partial charge in [0.25, 0.3) is 0 Å². The highest BCUT2D eigenvalue weighted by atomic mass is 35.5. The van der Waals surface area contributed by atoms with E-state index in [0.717, 1.165) is 28.2 Å². The number of hydrogen-bond donors (Lipinski definition) is 2. The molecule has 20 heavy (non-hydrogen) atoms. The van der Waals surface area contributed by atoms with Gasteiger partial charge in [-0.05, 0) is 38.1 Å². The van der Waals surface area contributed by atoms with Crippen molar-refractivity contribution in [2.75, 3.05) is 5.32 Å². The van der Waals surface area contributed by atoms with Crippen molar-refractivity contribution in [1.82, 2.24) is 15.0 Å². The quantitative estimate of drug-likeness (QED) is 0.726. The molecule has 0 spiro atoms. The summed E-state index contributed by atoms with van der Waals surface area (Å²) < 4.78 is 0. The first-order chi connectivity index (χ1) is 9.51. The van der Waals surface area contributed by atoms with Gasteiger partial charge < -0.3 is 10.3 Å². The summed E-state index contributed by atoms with van der Waals surface area (Å²) >= 11 is 12.0. The maximum absolute atomic E-state index is 6.01. The summed E-state index contributed by atoms with van der Waals surface area (Å²) in [5.74, 6) is 1.42. The second kappa shape index (κ2) is 4.96. The van der Waals surface area contributed by atoms with E-state index in [0.29, 0.717) is 15.9 Å².